The van der Waals surface area contributed by atoms with Gasteiger partial charge >= 0.3 is 0 Å². The fourth-order valence-corrected chi connectivity index (χ4v) is 4.19. The number of rotatable bonds is 3. The van der Waals surface area contributed by atoms with Gasteiger partial charge in [-0.15, -0.1) is 0 Å². The summed E-state index contributed by atoms with van der Waals surface area (Å²) < 4.78 is 5.63. The van der Waals surface area contributed by atoms with E-state index in [1.54, 1.807) is 0 Å². The van der Waals surface area contributed by atoms with Gasteiger partial charge in [-0.1, -0.05) is 59.3 Å². The Morgan fingerprint density at radius 2 is 1.87 bits per heavy atom. The second-order valence-corrected chi connectivity index (χ2v) is 7.90. The highest BCUT2D eigenvalue weighted by Gasteiger charge is 2.32. The van der Waals surface area contributed by atoms with Gasteiger partial charge in [0.2, 0.25) is 11.7 Å². The summed E-state index contributed by atoms with van der Waals surface area (Å²) in [6.45, 7) is 2.73. The number of fused-ring (bicyclic) bond motifs is 1. The summed E-state index contributed by atoms with van der Waals surface area (Å²) in [5, 5.41) is 6.38. The number of benzene rings is 3. The number of carbonyl (C=O) groups excluding carboxylic acids is 1. The molecule has 0 bridgehead atoms. The first-order chi connectivity index (χ1) is 14.7. The molecule has 1 saturated heterocycles. The Hall–Kier alpha value is -3.47. The molecule has 30 heavy (non-hydrogen) atoms. The van der Waals surface area contributed by atoms with E-state index < -0.39 is 0 Å². The van der Waals surface area contributed by atoms with Gasteiger partial charge in [0.25, 0.3) is 5.91 Å². The molecule has 1 atom stereocenters. The van der Waals surface area contributed by atoms with Crippen molar-refractivity contribution in [3.63, 3.8) is 0 Å². The van der Waals surface area contributed by atoms with Crippen LogP contribution in [0.3, 0.4) is 0 Å². The van der Waals surface area contributed by atoms with Crippen LogP contribution in [0.1, 0.15) is 47.1 Å². The first-order valence-electron chi connectivity index (χ1n) is 10.4. The highest BCUT2D eigenvalue weighted by atomic mass is 16.5. The Morgan fingerprint density at radius 1 is 1.00 bits per heavy atom. The average molecular weight is 397 g/mol. The van der Waals surface area contributed by atoms with Crippen LogP contribution in [0.4, 0.5) is 0 Å². The van der Waals surface area contributed by atoms with Crippen LogP contribution in [-0.4, -0.2) is 27.5 Å². The Morgan fingerprint density at radius 3 is 2.73 bits per heavy atom. The molecule has 1 amide bonds. The summed E-state index contributed by atoms with van der Waals surface area (Å²) in [4.78, 5) is 19.9. The van der Waals surface area contributed by atoms with Crippen molar-refractivity contribution in [3.05, 3.63) is 83.7 Å². The number of hydrogen-bond donors (Lipinski definition) is 0. The molecule has 0 aliphatic carbocycles. The predicted molar refractivity (Wildman–Crippen MR) is 116 cm³/mol. The molecule has 1 fully saturated rings. The van der Waals surface area contributed by atoms with Gasteiger partial charge < -0.3 is 9.42 Å². The number of carbonyl (C=O) groups is 1. The third-order valence-electron chi connectivity index (χ3n) is 5.76. The van der Waals surface area contributed by atoms with E-state index in [1.165, 1.54) is 0 Å². The van der Waals surface area contributed by atoms with Crippen molar-refractivity contribution in [1.29, 1.82) is 0 Å². The van der Waals surface area contributed by atoms with Gasteiger partial charge in [0.15, 0.2) is 0 Å². The van der Waals surface area contributed by atoms with E-state index in [1.807, 2.05) is 72.5 Å². The molecule has 5 heteroatoms. The number of hydrogen-bond acceptors (Lipinski definition) is 4. The quantitative estimate of drug-likeness (QED) is 0.454. The minimum Gasteiger partial charge on any atom is -0.337 e. The summed E-state index contributed by atoms with van der Waals surface area (Å²) in [6.07, 6.45) is 2.85. The highest BCUT2D eigenvalue weighted by Crippen LogP contribution is 2.33. The zero-order valence-corrected chi connectivity index (χ0v) is 16.9. The number of aryl methyl sites for hydroxylation is 1. The molecule has 1 unspecified atom stereocenters. The van der Waals surface area contributed by atoms with E-state index in [-0.39, 0.29) is 11.9 Å². The van der Waals surface area contributed by atoms with E-state index in [9.17, 15) is 4.79 Å². The first kappa shape index (κ1) is 18.6. The van der Waals surface area contributed by atoms with Crippen molar-refractivity contribution in [2.45, 2.75) is 32.2 Å². The average Bonchev–Trinajstić information content (AvgIpc) is 3.28. The zero-order valence-electron chi connectivity index (χ0n) is 16.9. The first-order valence-corrected chi connectivity index (χ1v) is 10.4. The number of likely N-dealkylation sites (tertiary alicyclic amines) is 1. The molecule has 4 aromatic rings. The maximum absolute atomic E-state index is 13.4. The van der Waals surface area contributed by atoms with Crippen molar-refractivity contribution in [2.75, 3.05) is 6.54 Å². The molecule has 1 aliphatic rings. The lowest BCUT2D eigenvalue weighted by Gasteiger charge is -2.33. The molecule has 0 saturated carbocycles. The lowest BCUT2D eigenvalue weighted by atomic mass is 9.99. The molecule has 2 heterocycles. The number of nitrogens with zero attached hydrogens (tertiary/aromatic N) is 3. The van der Waals surface area contributed by atoms with Crippen molar-refractivity contribution in [2.24, 2.45) is 0 Å². The standard InChI is InChI=1S/C25H23N3O2/c1-17-7-6-10-20(15-17)23-26-24(30-27-23)22-11-4-5-14-28(22)25(29)21-13-12-18-8-2-3-9-19(18)16-21/h2-3,6-10,12-13,15-16,22H,4-5,11,14H2,1H3. The van der Waals surface area contributed by atoms with Crippen LogP contribution in [0.2, 0.25) is 0 Å². The van der Waals surface area contributed by atoms with Gasteiger partial charge in [-0.2, -0.15) is 4.98 Å². The summed E-state index contributed by atoms with van der Waals surface area (Å²) in [5.74, 6) is 1.10. The molecular formula is C25H23N3O2. The second kappa shape index (κ2) is 7.75. The fraction of sp³-hybridized carbons (Fsp3) is 0.240. The molecule has 1 aromatic heterocycles. The van der Waals surface area contributed by atoms with Gasteiger partial charge in [0.05, 0.1) is 0 Å². The second-order valence-electron chi connectivity index (χ2n) is 7.90. The molecule has 150 valence electrons. The lowest BCUT2D eigenvalue weighted by Crippen LogP contribution is -2.38. The van der Waals surface area contributed by atoms with Crippen molar-refractivity contribution in [1.82, 2.24) is 15.0 Å². The summed E-state index contributed by atoms with van der Waals surface area (Å²) >= 11 is 0. The van der Waals surface area contributed by atoms with E-state index in [0.29, 0.717) is 23.8 Å². The topological polar surface area (TPSA) is 59.2 Å². The fourth-order valence-electron chi connectivity index (χ4n) is 4.19. The van der Waals surface area contributed by atoms with Crippen LogP contribution in [0.25, 0.3) is 22.2 Å². The molecule has 5 nitrogen and oxygen atoms in total. The SMILES string of the molecule is Cc1cccc(-c2noc(C3CCCCN3C(=O)c3ccc4ccccc4c3)n2)c1. The van der Waals surface area contributed by atoms with Gasteiger partial charge in [-0.05, 0) is 55.2 Å². The molecule has 1 aliphatic heterocycles. The van der Waals surface area contributed by atoms with Crippen molar-refractivity contribution in [3.8, 4) is 11.4 Å². The van der Waals surface area contributed by atoms with Crippen LogP contribution < -0.4 is 0 Å². The van der Waals surface area contributed by atoms with Crippen LogP contribution in [0.5, 0.6) is 0 Å². The van der Waals surface area contributed by atoms with Crippen LogP contribution in [-0.2, 0) is 0 Å². The van der Waals surface area contributed by atoms with Crippen molar-refractivity contribution >= 4 is 16.7 Å². The third-order valence-corrected chi connectivity index (χ3v) is 5.76. The number of aromatic nitrogens is 2. The zero-order chi connectivity index (χ0) is 20.5. The smallest absolute Gasteiger partial charge is 0.254 e. The lowest BCUT2D eigenvalue weighted by molar-refractivity contribution is 0.0561. The molecule has 3 aromatic carbocycles. The Balaban J connectivity index is 1.45. The van der Waals surface area contributed by atoms with E-state index in [2.05, 4.69) is 16.2 Å². The third kappa shape index (κ3) is 3.47. The number of amides is 1. The van der Waals surface area contributed by atoms with Gasteiger partial charge in [0.1, 0.15) is 6.04 Å². The Labute approximate surface area is 175 Å². The van der Waals surface area contributed by atoms with Gasteiger partial charge in [0, 0.05) is 17.7 Å². The van der Waals surface area contributed by atoms with E-state index >= 15 is 0 Å². The predicted octanol–water partition coefficient (Wildman–Crippen LogP) is 5.57. The maximum atomic E-state index is 13.4. The van der Waals surface area contributed by atoms with Gasteiger partial charge in [-0.25, -0.2) is 0 Å². The highest BCUT2D eigenvalue weighted by molar-refractivity contribution is 5.98. The van der Waals surface area contributed by atoms with Crippen LogP contribution in [0.15, 0.2) is 71.3 Å². The Kier molecular flexibility index (Phi) is 4.79. The number of piperidine rings is 1. The molecular weight excluding hydrogens is 374 g/mol. The normalized spacial score (nSPS) is 16.7. The van der Waals surface area contributed by atoms with Crippen LogP contribution in [0, 0.1) is 6.92 Å². The summed E-state index contributed by atoms with van der Waals surface area (Å²) in [6, 6.07) is 21.8. The summed E-state index contributed by atoms with van der Waals surface area (Å²) in [7, 11) is 0. The van der Waals surface area contributed by atoms with E-state index in [4.69, 9.17) is 4.52 Å². The van der Waals surface area contributed by atoms with E-state index in [0.717, 1.165) is 41.2 Å². The molecule has 5 rings (SSSR count). The minimum absolute atomic E-state index is 0.0146. The molecule has 0 spiro atoms. The minimum atomic E-state index is -0.191. The Bertz CT molecular complexity index is 1210. The van der Waals surface area contributed by atoms with Crippen molar-refractivity contribution < 1.29 is 9.32 Å². The van der Waals surface area contributed by atoms with Gasteiger partial charge in [-0.3, -0.25) is 4.79 Å². The molecule has 0 N–H and O–H groups in total. The summed E-state index contributed by atoms with van der Waals surface area (Å²) in [5.41, 5.74) is 2.76. The maximum Gasteiger partial charge on any atom is 0.254 e. The molecule has 0 radical (unpaired) electrons. The largest absolute Gasteiger partial charge is 0.337 e. The van der Waals surface area contributed by atoms with Crippen LogP contribution >= 0.6 is 0 Å². The monoisotopic (exact) mass is 397 g/mol.